The van der Waals surface area contributed by atoms with Crippen molar-refractivity contribution in [2.75, 3.05) is 19.0 Å². The van der Waals surface area contributed by atoms with E-state index >= 15 is 0 Å². The molecule has 0 aliphatic carbocycles. The summed E-state index contributed by atoms with van der Waals surface area (Å²) in [6.45, 7) is 4.01. The Labute approximate surface area is 153 Å². The van der Waals surface area contributed by atoms with Gasteiger partial charge in [0.1, 0.15) is 11.6 Å². The largest absolute Gasteiger partial charge is 0.378 e. The van der Waals surface area contributed by atoms with Gasteiger partial charge in [-0.3, -0.25) is 9.59 Å². The van der Waals surface area contributed by atoms with Crippen LogP contribution in [0.4, 0.5) is 5.69 Å². The maximum atomic E-state index is 12.2. The first-order valence-electron chi connectivity index (χ1n) is 8.49. The Morgan fingerprint density at radius 3 is 2.46 bits per heavy atom. The Kier molecular flexibility index (Phi) is 6.18. The number of carbonyl (C=O) groups excluding carboxylic acids is 1. The van der Waals surface area contributed by atoms with Crippen LogP contribution in [0.15, 0.2) is 29.1 Å². The molecule has 2 rings (SSSR count). The van der Waals surface area contributed by atoms with Crippen molar-refractivity contribution in [3.8, 4) is 6.07 Å². The molecule has 0 saturated heterocycles. The van der Waals surface area contributed by atoms with Gasteiger partial charge in [0.15, 0.2) is 0 Å². The molecule has 0 radical (unpaired) electrons. The van der Waals surface area contributed by atoms with E-state index in [1.54, 1.807) is 13.8 Å². The van der Waals surface area contributed by atoms with Crippen molar-refractivity contribution in [3.05, 3.63) is 62.6 Å². The van der Waals surface area contributed by atoms with E-state index in [4.69, 9.17) is 5.26 Å². The maximum Gasteiger partial charge on any atom is 0.266 e. The molecule has 0 aliphatic heterocycles. The van der Waals surface area contributed by atoms with Crippen molar-refractivity contribution in [1.82, 2.24) is 10.3 Å². The number of aromatic nitrogens is 1. The summed E-state index contributed by atoms with van der Waals surface area (Å²) in [6.07, 6.45) is 0.781. The highest BCUT2D eigenvalue weighted by Gasteiger charge is 2.13. The molecule has 0 spiro atoms. The number of nitrogens with zero attached hydrogens (tertiary/aromatic N) is 2. The second-order valence-electron chi connectivity index (χ2n) is 6.51. The third kappa shape index (κ3) is 4.51. The van der Waals surface area contributed by atoms with Gasteiger partial charge in [-0.1, -0.05) is 12.1 Å². The van der Waals surface area contributed by atoms with Crippen LogP contribution in [0.5, 0.6) is 0 Å². The minimum Gasteiger partial charge on any atom is -0.378 e. The summed E-state index contributed by atoms with van der Waals surface area (Å²) in [5, 5.41) is 12.0. The minimum absolute atomic E-state index is 0.0646. The summed E-state index contributed by atoms with van der Waals surface area (Å²) in [7, 11) is 3.96. The molecule has 0 unspecified atom stereocenters. The quantitative estimate of drug-likeness (QED) is 0.834. The van der Waals surface area contributed by atoms with Crippen LogP contribution in [0.3, 0.4) is 0 Å². The van der Waals surface area contributed by atoms with Crippen LogP contribution in [0, 0.1) is 25.2 Å². The Morgan fingerprint density at radius 1 is 1.23 bits per heavy atom. The molecule has 1 aromatic carbocycles. The Morgan fingerprint density at radius 2 is 1.88 bits per heavy atom. The van der Waals surface area contributed by atoms with Gasteiger partial charge in [0.2, 0.25) is 5.91 Å². The van der Waals surface area contributed by atoms with Gasteiger partial charge in [0, 0.05) is 38.4 Å². The van der Waals surface area contributed by atoms with E-state index in [0.29, 0.717) is 30.6 Å². The molecule has 26 heavy (non-hydrogen) atoms. The summed E-state index contributed by atoms with van der Waals surface area (Å²) in [5.74, 6) is -0.0646. The van der Waals surface area contributed by atoms with E-state index in [1.807, 2.05) is 49.3 Å². The van der Waals surface area contributed by atoms with Gasteiger partial charge in [-0.25, -0.2) is 0 Å². The first-order valence-corrected chi connectivity index (χ1v) is 8.49. The number of hydrogen-bond donors (Lipinski definition) is 2. The van der Waals surface area contributed by atoms with E-state index < -0.39 is 0 Å². The number of anilines is 1. The summed E-state index contributed by atoms with van der Waals surface area (Å²) in [6, 6.07) is 9.94. The number of amides is 1. The zero-order valence-corrected chi connectivity index (χ0v) is 15.6. The van der Waals surface area contributed by atoms with Crippen LogP contribution in [0.1, 0.15) is 34.4 Å². The number of hydrogen-bond acceptors (Lipinski definition) is 4. The minimum atomic E-state index is -0.378. The highest BCUT2D eigenvalue weighted by atomic mass is 16.1. The van der Waals surface area contributed by atoms with Crippen LogP contribution in [0.2, 0.25) is 0 Å². The Balaban J connectivity index is 1.95. The van der Waals surface area contributed by atoms with Gasteiger partial charge in [-0.2, -0.15) is 5.26 Å². The highest BCUT2D eigenvalue weighted by molar-refractivity contribution is 5.76. The predicted molar refractivity (Wildman–Crippen MR) is 102 cm³/mol. The second-order valence-corrected chi connectivity index (χ2v) is 6.51. The summed E-state index contributed by atoms with van der Waals surface area (Å²) in [5.41, 5.74) is 4.10. The lowest BCUT2D eigenvalue weighted by Gasteiger charge is -2.13. The molecule has 1 heterocycles. The number of aromatic amines is 1. The van der Waals surface area contributed by atoms with Crippen molar-refractivity contribution in [1.29, 1.82) is 5.26 Å². The average molecular weight is 352 g/mol. The number of aryl methyl sites for hydroxylation is 1. The maximum absolute atomic E-state index is 12.2. The van der Waals surface area contributed by atoms with Crippen LogP contribution >= 0.6 is 0 Å². The third-order valence-electron chi connectivity index (χ3n) is 4.46. The molecule has 6 heteroatoms. The van der Waals surface area contributed by atoms with Crippen molar-refractivity contribution in [3.63, 3.8) is 0 Å². The SMILES string of the molecule is Cc1[nH]c(=O)c(C#N)c(C)c1CCC(=O)NCc1ccc(N(C)C)cc1. The zero-order chi connectivity index (χ0) is 19.3. The van der Waals surface area contributed by atoms with Crippen molar-refractivity contribution < 1.29 is 4.79 Å². The van der Waals surface area contributed by atoms with E-state index in [1.165, 1.54) is 0 Å². The van der Waals surface area contributed by atoms with Crippen LogP contribution in [-0.2, 0) is 17.8 Å². The first-order chi connectivity index (χ1) is 12.3. The fourth-order valence-electron chi connectivity index (χ4n) is 2.86. The van der Waals surface area contributed by atoms with Crippen molar-refractivity contribution >= 4 is 11.6 Å². The lowest BCUT2D eigenvalue weighted by Crippen LogP contribution is -2.24. The van der Waals surface area contributed by atoms with E-state index in [2.05, 4.69) is 10.3 Å². The topological polar surface area (TPSA) is 89.0 Å². The lowest BCUT2D eigenvalue weighted by atomic mass is 9.99. The molecular formula is C20H24N4O2. The molecule has 0 aliphatic rings. The zero-order valence-electron chi connectivity index (χ0n) is 15.6. The van der Waals surface area contributed by atoms with E-state index in [9.17, 15) is 9.59 Å². The molecule has 2 N–H and O–H groups in total. The normalized spacial score (nSPS) is 10.3. The number of nitrogens with one attached hydrogen (secondary N) is 2. The van der Waals surface area contributed by atoms with Crippen molar-refractivity contribution in [2.45, 2.75) is 33.2 Å². The summed E-state index contributed by atoms with van der Waals surface area (Å²) >= 11 is 0. The van der Waals surface area contributed by atoms with Gasteiger partial charge < -0.3 is 15.2 Å². The third-order valence-corrected chi connectivity index (χ3v) is 4.46. The van der Waals surface area contributed by atoms with Gasteiger partial charge in [-0.05, 0) is 49.1 Å². The first kappa shape index (κ1) is 19.3. The monoisotopic (exact) mass is 352 g/mol. The van der Waals surface area contributed by atoms with Crippen LogP contribution < -0.4 is 15.8 Å². The number of rotatable bonds is 6. The molecule has 1 aromatic heterocycles. The molecule has 0 saturated carbocycles. The Bertz CT molecular complexity index is 890. The van der Waals surface area contributed by atoms with E-state index in [-0.39, 0.29) is 17.0 Å². The fourth-order valence-corrected chi connectivity index (χ4v) is 2.86. The number of carbonyl (C=O) groups is 1. The number of H-pyrrole nitrogens is 1. The molecule has 2 aromatic rings. The average Bonchev–Trinajstić information content (AvgIpc) is 2.60. The Hall–Kier alpha value is -3.07. The molecule has 1 amide bonds. The van der Waals surface area contributed by atoms with Crippen LogP contribution in [-0.4, -0.2) is 25.0 Å². The summed E-state index contributed by atoms with van der Waals surface area (Å²) < 4.78 is 0. The van der Waals surface area contributed by atoms with Gasteiger partial charge in [0.05, 0.1) is 0 Å². The summed E-state index contributed by atoms with van der Waals surface area (Å²) in [4.78, 5) is 28.6. The number of pyridine rings is 1. The molecule has 0 atom stereocenters. The molecule has 6 nitrogen and oxygen atoms in total. The van der Waals surface area contributed by atoms with Crippen molar-refractivity contribution in [2.24, 2.45) is 0 Å². The smallest absolute Gasteiger partial charge is 0.266 e. The predicted octanol–water partition coefficient (Wildman–Crippen LogP) is 2.18. The fraction of sp³-hybridized carbons (Fsp3) is 0.350. The molecular weight excluding hydrogens is 328 g/mol. The molecule has 136 valence electrons. The second kappa shape index (κ2) is 8.34. The highest BCUT2D eigenvalue weighted by Crippen LogP contribution is 2.15. The molecule has 0 bridgehead atoms. The van der Waals surface area contributed by atoms with Gasteiger partial charge in [-0.15, -0.1) is 0 Å². The standard InChI is InChI=1S/C20H24N4O2/c1-13-17(14(2)23-20(26)18(13)11-21)9-10-19(25)22-12-15-5-7-16(8-6-15)24(3)4/h5-8H,9-10,12H2,1-4H3,(H,22,25)(H,23,26). The van der Waals surface area contributed by atoms with Gasteiger partial charge in [0.25, 0.3) is 5.56 Å². The number of nitriles is 1. The van der Waals surface area contributed by atoms with Gasteiger partial charge >= 0.3 is 0 Å². The lowest BCUT2D eigenvalue weighted by molar-refractivity contribution is -0.121. The molecule has 0 fully saturated rings. The van der Waals surface area contributed by atoms with E-state index in [0.717, 1.165) is 16.8 Å². The number of benzene rings is 1. The van der Waals surface area contributed by atoms with Crippen LogP contribution in [0.25, 0.3) is 0 Å².